The second-order valence-corrected chi connectivity index (χ2v) is 4.56. The highest BCUT2D eigenvalue weighted by Gasteiger charge is 2.04. The average molecular weight is 259 g/mol. The minimum absolute atomic E-state index is 0.556. The smallest absolute Gasteiger partial charge is 0.130 e. The van der Waals surface area contributed by atoms with Crippen molar-refractivity contribution in [2.45, 2.75) is 33.5 Å². The van der Waals surface area contributed by atoms with E-state index in [4.69, 9.17) is 4.74 Å². The first-order chi connectivity index (χ1) is 9.22. The molecule has 102 valence electrons. The van der Waals surface area contributed by atoms with Gasteiger partial charge in [-0.2, -0.15) is 5.10 Å². The van der Waals surface area contributed by atoms with Crippen LogP contribution < -0.4 is 10.1 Å². The zero-order chi connectivity index (χ0) is 13.7. The molecule has 4 heteroatoms. The third-order valence-electron chi connectivity index (χ3n) is 2.98. The predicted octanol–water partition coefficient (Wildman–Crippen LogP) is 2.51. The van der Waals surface area contributed by atoms with Crippen LogP contribution in [-0.4, -0.2) is 16.8 Å². The fourth-order valence-electron chi connectivity index (χ4n) is 2.05. The van der Waals surface area contributed by atoms with Crippen molar-refractivity contribution in [2.24, 2.45) is 0 Å². The number of hydrogen-bond acceptors (Lipinski definition) is 3. The number of benzene rings is 1. The molecule has 19 heavy (non-hydrogen) atoms. The minimum Gasteiger partial charge on any atom is -0.487 e. The summed E-state index contributed by atoms with van der Waals surface area (Å²) in [5.74, 6) is 0.890. The van der Waals surface area contributed by atoms with Crippen LogP contribution in [0.1, 0.15) is 23.9 Å². The lowest BCUT2D eigenvalue weighted by Gasteiger charge is -2.08. The molecule has 0 atom stereocenters. The molecular formula is C15H21N3O. The van der Waals surface area contributed by atoms with Crippen LogP contribution in [0, 0.1) is 6.92 Å². The Hall–Kier alpha value is -1.81. The molecule has 0 aliphatic rings. The Balaban J connectivity index is 1.97. The van der Waals surface area contributed by atoms with Gasteiger partial charge in [-0.3, -0.25) is 4.68 Å². The lowest BCUT2D eigenvalue weighted by atomic mass is 10.2. The fraction of sp³-hybridized carbons (Fsp3) is 0.400. The van der Waals surface area contributed by atoms with Gasteiger partial charge in [-0.1, -0.05) is 12.1 Å². The van der Waals surface area contributed by atoms with Crippen molar-refractivity contribution in [3.63, 3.8) is 0 Å². The van der Waals surface area contributed by atoms with Gasteiger partial charge in [0.1, 0.15) is 12.4 Å². The normalized spacial score (nSPS) is 10.7. The van der Waals surface area contributed by atoms with E-state index >= 15 is 0 Å². The highest BCUT2D eigenvalue weighted by atomic mass is 16.5. The lowest BCUT2D eigenvalue weighted by molar-refractivity contribution is 0.292. The molecule has 4 nitrogen and oxygen atoms in total. The molecule has 1 N–H and O–H groups in total. The number of nitrogens with zero attached hydrogens (tertiary/aromatic N) is 2. The van der Waals surface area contributed by atoms with Crippen molar-refractivity contribution < 1.29 is 4.74 Å². The Kier molecular flexibility index (Phi) is 4.58. The number of aryl methyl sites for hydroxylation is 2. The Bertz CT molecular complexity index is 517. The first-order valence-corrected chi connectivity index (χ1v) is 6.62. The number of ether oxygens (including phenoxy) is 1. The van der Waals surface area contributed by atoms with Crippen LogP contribution >= 0.6 is 0 Å². The van der Waals surface area contributed by atoms with E-state index in [1.807, 2.05) is 30.8 Å². The molecule has 0 fully saturated rings. The van der Waals surface area contributed by atoms with Crippen LogP contribution in [0.3, 0.4) is 0 Å². The summed E-state index contributed by atoms with van der Waals surface area (Å²) in [6, 6.07) is 10.2. The van der Waals surface area contributed by atoms with Gasteiger partial charge in [0.15, 0.2) is 0 Å². The molecule has 1 aromatic heterocycles. The molecule has 0 unspecified atom stereocenters. The summed E-state index contributed by atoms with van der Waals surface area (Å²) >= 11 is 0. The summed E-state index contributed by atoms with van der Waals surface area (Å²) in [7, 11) is 1.94. The van der Waals surface area contributed by atoms with Gasteiger partial charge in [0.25, 0.3) is 0 Å². The van der Waals surface area contributed by atoms with E-state index in [1.165, 1.54) is 5.56 Å². The summed E-state index contributed by atoms with van der Waals surface area (Å²) in [4.78, 5) is 0. The maximum absolute atomic E-state index is 5.80. The topological polar surface area (TPSA) is 39.1 Å². The lowest BCUT2D eigenvalue weighted by Crippen LogP contribution is -2.06. The van der Waals surface area contributed by atoms with Gasteiger partial charge in [-0.25, -0.2) is 0 Å². The molecule has 0 saturated heterocycles. The van der Waals surface area contributed by atoms with Crippen LogP contribution in [-0.2, 0) is 19.7 Å². The van der Waals surface area contributed by atoms with Crippen LogP contribution in [0.15, 0.2) is 30.3 Å². The van der Waals surface area contributed by atoms with Gasteiger partial charge >= 0.3 is 0 Å². The molecule has 0 radical (unpaired) electrons. The van der Waals surface area contributed by atoms with Gasteiger partial charge in [0.05, 0.1) is 11.4 Å². The predicted molar refractivity (Wildman–Crippen MR) is 76.2 cm³/mol. The van der Waals surface area contributed by atoms with Crippen LogP contribution in [0.25, 0.3) is 0 Å². The largest absolute Gasteiger partial charge is 0.487 e. The van der Waals surface area contributed by atoms with E-state index in [0.717, 1.165) is 30.2 Å². The van der Waals surface area contributed by atoms with E-state index in [9.17, 15) is 0 Å². The second-order valence-electron chi connectivity index (χ2n) is 4.56. The number of aromatic nitrogens is 2. The van der Waals surface area contributed by atoms with Gasteiger partial charge in [0, 0.05) is 13.1 Å². The summed E-state index contributed by atoms with van der Waals surface area (Å²) in [6.45, 7) is 6.39. The van der Waals surface area contributed by atoms with Gasteiger partial charge in [-0.05, 0) is 44.7 Å². The zero-order valence-corrected chi connectivity index (χ0v) is 11.8. The van der Waals surface area contributed by atoms with E-state index in [0.29, 0.717) is 6.61 Å². The molecule has 2 rings (SSSR count). The quantitative estimate of drug-likeness (QED) is 0.866. The van der Waals surface area contributed by atoms with Crippen LogP contribution in [0.5, 0.6) is 5.75 Å². The van der Waals surface area contributed by atoms with E-state index in [2.05, 4.69) is 35.5 Å². The van der Waals surface area contributed by atoms with Crippen molar-refractivity contribution in [1.82, 2.24) is 15.1 Å². The fourth-order valence-corrected chi connectivity index (χ4v) is 2.05. The zero-order valence-electron chi connectivity index (χ0n) is 11.8. The summed E-state index contributed by atoms with van der Waals surface area (Å²) < 4.78 is 7.78. The molecule has 2 aromatic rings. The molecule has 0 aliphatic heterocycles. The van der Waals surface area contributed by atoms with Crippen molar-refractivity contribution in [1.29, 1.82) is 0 Å². The maximum Gasteiger partial charge on any atom is 0.130 e. The highest BCUT2D eigenvalue weighted by molar-refractivity contribution is 5.27. The third-order valence-corrected chi connectivity index (χ3v) is 2.98. The summed E-state index contributed by atoms with van der Waals surface area (Å²) in [5, 5.41) is 7.53. The van der Waals surface area contributed by atoms with Crippen LogP contribution in [0.2, 0.25) is 0 Å². The Labute approximate surface area is 114 Å². The Morgan fingerprint density at radius 3 is 2.63 bits per heavy atom. The second kappa shape index (κ2) is 6.38. The first kappa shape index (κ1) is 13.6. The molecule has 0 bridgehead atoms. The molecule has 0 amide bonds. The van der Waals surface area contributed by atoms with Crippen molar-refractivity contribution in [3.05, 3.63) is 47.3 Å². The average Bonchev–Trinajstić information content (AvgIpc) is 2.79. The van der Waals surface area contributed by atoms with E-state index in [1.54, 1.807) is 0 Å². The van der Waals surface area contributed by atoms with Gasteiger partial charge < -0.3 is 10.1 Å². The monoisotopic (exact) mass is 259 g/mol. The summed E-state index contributed by atoms with van der Waals surface area (Å²) in [5.41, 5.74) is 3.40. The Morgan fingerprint density at radius 1 is 1.26 bits per heavy atom. The Morgan fingerprint density at radius 2 is 2.00 bits per heavy atom. The van der Waals surface area contributed by atoms with E-state index in [-0.39, 0.29) is 0 Å². The number of hydrogen-bond donors (Lipinski definition) is 1. The van der Waals surface area contributed by atoms with Gasteiger partial charge in [-0.15, -0.1) is 0 Å². The highest BCUT2D eigenvalue weighted by Crippen LogP contribution is 2.14. The van der Waals surface area contributed by atoms with Crippen LogP contribution in [0.4, 0.5) is 0 Å². The minimum atomic E-state index is 0.556. The molecule has 0 aliphatic carbocycles. The standard InChI is InChI=1S/C15H21N3O/c1-4-18-14(9-12(2)17-18)11-19-15-7-5-13(6-8-15)10-16-3/h5-9,16H,4,10-11H2,1-3H3. The van der Waals surface area contributed by atoms with Gasteiger partial charge in [0.2, 0.25) is 0 Å². The SMILES string of the molecule is CCn1nc(C)cc1COc1ccc(CNC)cc1. The van der Waals surface area contributed by atoms with Crippen molar-refractivity contribution >= 4 is 0 Å². The molecular weight excluding hydrogens is 238 g/mol. The third kappa shape index (κ3) is 3.58. The van der Waals surface area contributed by atoms with Crippen molar-refractivity contribution in [3.8, 4) is 5.75 Å². The number of nitrogens with one attached hydrogen (secondary N) is 1. The first-order valence-electron chi connectivity index (χ1n) is 6.62. The maximum atomic E-state index is 5.80. The van der Waals surface area contributed by atoms with Crippen molar-refractivity contribution in [2.75, 3.05) is 7.05 Å². The molecule has 1 heterocycles. The summed E-state index contributed by atoms with van der Waals surface area (Å²) in [6.07, 6.45) is 0. The van der Waals surface area contributed by atoms with E-state index < -0.39 is 0 Å². The molecule has 0 spiro atoms. The molecule has 0 saturated carbocycles. The molecule has 1 aromatic carbocycles. The number of rotatable bonds is 6.